The SMILES string of the molecule is CCCCCC(CCCCC)(OP(=O)(O)OC1C(O)C(O)C(O)C(O)C1O)C(O)CO. The third kappa shape index (κ3) is 7.68. The molecule has 6 unspecified atom stereocenters. The highest BCUT2D eigenvalue weighted by Gasteiger charge is 2.53. The van der Waals surface area contributed by atoms with Gasteiger partial charge in [-0.1, -0.05) is 52.4 Å². The number of hydrogen-bond donors (Lipinski definition) is 8. The standard InChI is InChI=1S/C19H39O11P/c1-3-5-7-9-19(12(21)11-20,10-8-6-4-2)30-31(27,28)29-18-16(25)14(23)13(22)15(24)17(18)26/h12-18,20-26H,3-11H2,1-2H3,(H,27,28). The van der Waals surface area contributed by atoms with Gasteiger partial charge in [0, 0.05) is 0 Å². The minimum Gasteiger partial charge on any atom is -0.394 e. The Balaban J connectivity index is 3.11. The molecule has 1 fully saturated rings. The van der Waals surface area contributed by atoms with Gasteiger partial charge >= 0.3 is 7.82 Å². The molecule has 0 amide bonds. The zero-order valence-electron chi connectivity index (χ0n) is 18.2. The molecule has 0 aromatic carbocycles. The van der Waals surface area contributed by atoms with Gasteiger partial charge in [0.05, 0.1) is 6.61 Å². The molecule has 0 aromatic rings. The Morgan fingerprint density at radius 3 is 1.65 bits per heavy atom. The fourth-order valence-electron chi connectivity index (χ4n) is 3.85. The third-order valence-electron chi connectivity index (χ3n) is 5.81. The summed E-state index contributed by atoms with van der Waals surface area (Å²) in [6.07, 6.45) is -8.62. The zero-order valence-corrected chi connectivity index (χ0v) is 19.0. The summed E-state index contributed by atoms with van der Waals surface area (Å²) < 4.78 is 23.2. The summed E-state index contributed by atoms with van der Waals surface area (Å²) in [4.78, 5) is 10.4. The van der Waals surface area contributed by atoms with Crippen LogP contribution in [0.15, 0.2) is 0 Å². The van der Waals surface area contributed by atoms with Crippen LogP contribution in [-0.4, -0.2) is 95.6 Å². The molecule has 1 aliphatic carbocycles. The van der Waals surface area contributed by atoms with Crippen LogP contribution in [-0.2, 0) is 13.6 Å². The van der Waals surface area contributed by atoms with Crippen LogP contribution in [0, 0.1) is 0 Å². The fourth-order valence-corrected chi connectivity index (χ4v) is 5.22. The van der Waals surface area contributed by atoms with Crippen molar-refractivity contribution in [2.45, 2.75) is 114 Å². The number of phosphoric ester groups is 1. The highest BCUT2D eigenvalue weighted by atomic mass is 31.2. The Morgan fingerprint density at radius 2 is 1.26 bits per heavy atom. The van der Waals surface area contributed by atoms with E-state index in [2.05, 4.69) is 0 Å². The second-order valence-electron chi connectivity index (χ2n) is 8.26. The quantitative estimate of drug-likeness (QED) is 0.120. The zero-order chi connectivity index (χ0) is 23.8. The molecule has 1 saturated carbocycles. The van der Waals surface area contributed by atoms with E-state index in [0.717, 1.165) is 25.7 Å². The summed E-state index contributed by atoms with van der Waals surface area (Å²) >= 11 is 0. The van der Waals surface area contributed by atoms with E-state index in [4.69, 9.17) is 9.05 Å². The minimum absolute atomic E-state index is 0.153. The normalized spacial score (nSPS) is 32.6. The van der Waals surface area contributed by atoms with Gasteiger partial charge in [-0.15, -0.1) is 0 Å². The summed E-state index contributed by atoms with van der Waals surface area (Å²) in [7, 11) is -5.09. The maximum absolute atomic E-state index is 12.8. The summed E-state index contributed by atoms with van der Waals surface area (Å²) in [5.41, 5.74) is -1.62. The molecule has 186 valence electrons. The first-order valence-corrected chi connectivity index (χ1v) is 12.4. The molecule has 0 spiro atoms. The van der Waals surface area contributed by atoms with Crippen LogP contribution in [0.1, 0.15) is 65.2 Å². The van der Waals surface area contributed by atoms with E-state index < -0.39 is 62.8 Å². The molecule has 0 radical (unpaired) electrons. The molecule has 0 aromatic heterocycles. The van der Waals surface area contributed by atoms with Gasteiger partial charge in [0.1, 0.15) is 48.3 Å². The summed E-state index contributed by atoms with van der Waals surface area (Å²) in [6, 6.07) is 0. The Morgan fingerprint density at radius 1 is 0.839 bits per heavy atom. The summed E-state index contributed by atoms with van der Waals surface area (Å²) in [6.45, 7) is 3.19. The van der Waals surface area contributed by atoms with Crippen molar-refractivity contribution in [1.29, 1.82) is 0 Å². The number of aliphatic hydroxyl groups is 7. The van der Waals surface area contributed by atoms with Gasteiger partial charge in [-0.3, -0.25) is 9.05 Å². The lowest BCUT2D eigenvalue weighted by molar-refractivity contribution is -0.222. The van der Waals surface area contributed by atoms with Crippen LogP contribution < -0.4 is 0 Å². The number of unbranched alkanes of at least 4 members (excludes halogenated alkanes) is 4. The van der Waals surface area contributed by atoms with Crippen LogP contribution in [0.5, 0.6) is 0 Å². The van der Waals surface area contributed by atoms with E-state index in [0.29, 0.717) is 12.8 Å². The van der Waals surface area contributed by atoms with Gasteiger partial charge in [-0.25, -0.2) is 4.57 Å². The van der Waals surface area contributed by atoms with E-state index in [9.17, 15) is 45.2 Å². The molecule has 1 aliphatic rings. The van der Waals surface area contributed by atoms with Crippen LogP contribution in [0.3, 0.4) is 0 Å². The molecular weight excluding hydrogens is 435 g/mol. The topological polar surface area (TPSA) is 197 Å². The predicted molar refractivity (Wildman–Crippen MR) is 110 cm³/mol. The third-order valence-corrected chi connectivity index (χ3v) is 6.92. The molecule has 1 rings (SSSR count). The van der Waals surface area contributed by atoms with Crippen LogP contribution >= 0.6 is 7.82 Å². The summed E-state index contributed by atoms with van der Waals surface area (Å²) in [5.74, 6) is 0. The molecule has 31 heavy (non-hydrogen) atoms. The maximum atomic E-state index is 12.8. The second kappa shape index (κ2) is 12.9. The number of hydrogen-bond acceptors (Lipinski definition) is 10. The lowest BCUT2D eigenvalue weighted by Crippen LogP contribution is -2.64. The molecule has 0 heterocycles. The summed E-state index contributed by atoms with van der Waals surface area (Å²) in [5, 5.41) is 69.5. The van der Waals surface area contributed by atoms with E-state index in [1.807, 2.05) is 13.8 Å². The molecular formula is C19H39O11P. The number of aliphatic hydroxyl groups excluding tert-OH is 7. The van der Waals surface area contributed by atoms with Crippen molar-refractivity contribution < 1.29 is 54.3 Å². The molecule has 11 nitrogen and oxygen atoms in total. The lowest BCUT2D eigenvalue weighted by atomic mass is 9.85. The van der Waals surface area contributed by atoms with Crippen molar-refractivity contribution in [2.24, 2.45) is 0 Å². The predicted octanol–water partition coefficient (Wildman–Crippen LogP) is -0.441. The molecule has 8 N–H and O–H groups in total. The largest absolute Gasteiger partial charge is 0.473 e. The van der Waals surface area contributed by atoms with Crippen molar-refractivity contribution in [3.05, 3.63) is 0 Å². The number of rotatable bonds is 14. The molecule has 6 atom stereocenters. The van der Waals surface area contributed by atoms with Gasteiger partial charge in [0.25, 0.3) is 0 Å². The lowest BCUT2D eigenvalue weighted by Gasteiger charge is -2.43. The Bertz CT molecular complexity index is 537. The Labute approximate surface area is 182 Å². The van der Waals surface area contributed by atoms with Gasteiger partial charge in [0.15, 0.2) is 0 Å². The molecule has 12 heteroatoms. The highest BCUT2D eigenvalue weighted by molar-refractivity contribution is 7.47. The van der Waals surface area contributed by atoms with Crippen LogP contribution in [0.4, 0.5) is 0 Å². The highest BCUT2D eigenvalue weighted by Crippen LogP contribution is 2.53. The molecule has 0 bridgehead atoms. The first-order chi connectivity index (χ1) is 14.5. The average Bonchev–Trinajstić information content (AvgIpc) is 2.73. The number of phosphoric acid groups is 1. The van der Waals surface area contributed by atoms with Gasteiger partial charge in [-0.2, -0.15) is 0 Å². The molecule has 0 saturated heterocycles. The van der Waals surface area contributed by atoms with Crippen LogP contribution in [0.25, 0.3) is 0 Å². The fraction of sp³-hybridized carbons (Fsp3) is 1.00. The molecule has 0 aliphatic heterocycles. The van der Waals surface area contributed by atoms with Gasteiger partial charge in [-0.05, 0) is 12.8 Å². The first kappa shape index (κ1) is 28.9. The smallest absolute Gasteiger partial charge is 0.394 e. The van der Waals surface area contributed by atoms with Crippen molar-refractivity contribution >= 4 is 7.82 Å². The van der Waals surface area contributed by atoms with Crippen molar-refractivity contribution in [2.75, 3.05) is 6.61 Å². The van der Waals surface area contributed by atoms with Crippen molar-refractivity contribution in [1.82, 2.24) is 0 Å². The van der Waals surface area contributed by atoms with E-state index in [1.54, 1.807) is 0 Å². The monoisotopic (exact) mass is 474 g/mol. The van der Waals surface area contributed by atoms with E-state index in [1.165, 1.54) is 0 Å². The van der Waals surface area contributed by atoms with E-state index in [-0.39, 0.29) is 12.8 Å². The second-order valence-corrected chi connectivity index (χ2v) is 9.59. The first-order valence-electron chi connectivity index (χ1n) is 10.9. The Kier molecular flexibility index (Phi) is 12.0. The average molecular weight is 474 g/mol. The van der Waals surface area contributed by atoms with Crippen LogP contribution in [0.2, 0.25) is 0 Å². The Hall–Kier alpha value is -0.170. The van der Waals surface area contributed by atoms with Gasteiger partial charge < -0.3 is 40.6 Å². The van der Waals surface area contributed by atoms with Gasteiger partial charge in [0.2, 0.25) is 0 Å². The minimum atomic E-state index is -5.09. The van der Waals surface area contributed by atoms with Crippen molar-refractivity contribution in [3.63, 3.8) is 0 Å². The maximum Gasteiger partial charge on any atom is 0.473 e. The van der Waals surface area contributed by atoms with E-state index >= 15 is 0 Å². The van der Waals surface area contributed by atoms with Crippen molar-refractivity contribution in [3.8, 4) is 0 Å².